The van der Waals surface area contributed by atoms with E-state index >= 15 is 0 Å². The van der Waals surface area contributed by atoms with E-state index in [1.165, 1.54) is 7.11 Å². The fourth-order valence-electron chi connectivity index (χ4n) is 1.98. The summed E-state index contributed by atoms with van der Waals surface area (Å²) < 4.78 is 6.09. The van der Waals surface area contributed by atoms with E-state index in [0.717, 1.165) is 4.47 Å². The molecule has 1 N–H and O–H groups in total. The van der Waals surface area contributed by atoms with E-state index in [1.807, 2.05) is 0 Å². The summed E-state index contributed by atoms with van der Waals surface area (Å²) in [6.45, 7) is 1.44. The molecule has 1 heterocycles. The van der Waals surface area contributed by atoms with Gasteiger partial charge in [0.1, 0.15) is 5.75 Å². The lowest BCUT2D eigenvalue weighted by Gasteiger charge is -2.20. The van der Waals surface area contributed by atoms with E-state index in [2.05, 4.69) is 21.2 Å². The third kappa shape index (κ3) is 3.26. The molecule has 0 atom stereocenters. The van der Waals surface area contributed by atoms with Gasteiger partial charge in [0.2, 0.25) is 5.91 Å². The van der Waals surface area contributed by atoms with Crippen LogP contribution in [0.15, 0.2) is 22.7 Å². The topological polar surface area (TPSA) is 58.6 Å². The lowest BCUT2D eigenvalue weighted by Crippen LogP contribution is -2.34. The quantitative estimate of drug-likeness (QED) is 0.894. The first-order valence-corrected chi connectivity index (χ1v) is 6.80. The number of nitrogens with one attached hydrogen (secondary N) is 1. The van der Waals surface area contributed by atoms with Crippen LogP contribution < -0.4 is 10.1 Å². The highest BCUT2D eigenvalue weighted by molar-refractivity contribution is 9.10. The first-order chi connectivity index (χ1) is 9.11. The smallest absolute Gasteiger partial charge is 0.257 e. The number of rotatable bonds is 2. The predicted molar refractivity (Wildman–Crippen MR) is 74.2 cm³/mol. The van der Waals surface area contributed by atoms with Gasteiger partial charge in [0.15, 0.2) is 0 Å². The SMILES string of the molecule is COc1cc(Br)ccc1C(=O)N1CCNC(=O)CC1. The summed E-state index contributed by atoms with van der Waals surface area (Å²) in [6, 6.07) is 5.29. The Kier molecular flexibility index (Phi) is 4.42. The fraction of sp³-hybridized carbons (Fsp3) is 0.385. The van der Waals surface area contributed by atoms with Crippen LogP contribution >= 0.6 is 15.9 Å². The van der Waals surface area contributed by atoms with Crippen LogP contribution in [0.5, 0.6) is 5.75 Å². The Morgan fingerprint density at radius 2 is 2.21 bits per heavy atom. The van der Waals surface area contributed by atoms with Gasteiger partial charge in [-0.15, -0.1) is 0 Å². The van der Waals surface area contributed by atoms with Gasteiger partial charge in [0.25, 0.3) is 5.91 Å². The van der Waals surface area contributed by atoms with Crippen LogP contribution in [0.3, 0.4) is 0 Å². The molecule has 5 nitrogen and oxygen atoms in total. The molecular weight excluding hydrogens is 312 g/mol. The number of halogens is 1. The third-order valence-electron chi connectivity index (χ3n) is 2.99. The van der Waals surface area contributed by atoms with Crippen LogP contribution in [0, 0.1) is 0 Å². The van der Waals surface area contributed by atoms with Gasteiger partial charge in [-0.2, -0.15) is 0 Å². The van der Waals surface area contributed by atoms with Gasteiger partial charge in [-0.3, -0.25) is 9.59 Å². The van der Waals surface area contributed by atoms with E-state index in [-0.39, 0.29) is 11.8 Å². The molecular formula is C13H15BrN2O3. The summed E-state index contributed by atoms with van der Waals surface area (Å²) in [7, 11) is 1.53. The standard InChI is InChI=1S/C13H15BrN2O3/c1-19-11-8-9(14)2-3-10(11)13(18)16-6-4-12(17)15-5-7-16/h2-3,8H,4-7H2,1H3,(H,15,17). The lowest BCUT2D eigenvalue weighted by molar-refractivity contribution is -0.120. The number of ether oxygens (including phenoxy) is 1. The molecule has 0 unspecified atom stereocenters. The van der Waals surface area contributed by atoms with Crippen LogP contribution in [0.1, 0.15) is 16.8 Å². The number of carbonyl (C=O) groups excluding carboxylic acids is 2. The third-order valence-corrected chi connectivity index (χ3v) is 3.49. The Balaban J connectivity index is 2.21. The van der Waals surface area contributed by atoms with E-state index in [9.17, 15) is 9.59 Å². The normalized spacial score (nSPS) is 15.7. The van der Waals surface area contributed by atoms with Crippen molar-refractivity contribution in [3.05, 3.63) is 28.2 Å². The Labute approximate surface area is 120 Å². The Morgan fingerprint density at radius 3 is 2.95 bits per heavy atom. The molecule has 6 heteroatoms. The van der Waals surface area contributed by atoms with Gasteiger partial charge in [0.05, 0.1) is 12.7 Å². The highest BCUT2D eigenvalue weighted by atomic mass is 79.9. The van der Waals surface area contributed by atoms with Crippen LogP contribution in [-0.4, -0.2) is 43.5 Å². The zero-order chi connectivity index (χ0) is 13.8. The van der Waals surface area contributed by atoms with Crippen LogP contribution in [0.2, 0.25) is 0 Å². The van der Waals surface area contributed by atoms with Gasteiger partial charge < -0.3 is 15.0 Å². The van der Waals surface area contributed by atoms with Gasteiger partial charge >= 0.3 is 0 Å². The highest BCUT2D eigenvalue weighted by Gasteiger charge is 2.22. The molecule has 0 bridgehead atoms. The van der Waals surface area contributed by atoms with Gasteiger partial charge in [-0.25, -0.2) is 0 Å². The number of amides is 2. The maximum atomic E-state index is 12.4. The Hall–Kier alpha value is -1.56. The average Bonchev–Trinajstić information content (AvgIpc) is 2.62. The molecule has 2 rings (SSSR count). The molecule has 2 amide bonds. The van der Waals surface area contributed by atoms with Crippen molar-refractivity contribution in [3.63, 3.8) is 0 Å². The minimum atomic E-state index is -0.110. The molecule has 0 aliphatic carbocycles. The van der Waals surface area contributed by atoms with Gasteiger partial charge in [0, 0.05) is 30.5 Å². The molecule has 1 aromatic carbocycles. The molecule has 0 saturated carbocycles. The summed E-state index contributed by atoms with van der Waals surface area (Å²) >= 11 is 3.34. The van der Waals surface area contributed by atoms with Crippen molar-refractivity contribution in [2.45, 2.75) is 6.42 Å². The number of benzene rings is 1. The second kappa shape index (κ2) is 6.06. The largest absolute Gasteiger partial charge is 0.496 e. The Morgan fingerprint density at radius 1 is 1.42 bits per heavy atom. The molecule has 1 aromatic rings. The van der Waals surface area contributed by atoms with E-state index in [1.54, 1.807) is 23.1 Å². The fourth-order valence-corrected chi connectivity index (χ4v) is 2.32. The molecule has 0 radical (unpaired) electrons. The highest BCUT2D eigenvalue weighted by Crippen LogP contribution is 2.24. The van der Waals surface area contributed by atoms with Crippen molar-refractivity contribution in [2.24, 2.45) is 0 Å². The zero-order valence-electron chi connectivity index (χ0n) is 10.6. The number of carbonyl (C=O) groups is 2. The van der Waals surface area contributed by atoms with E-state index < -0.39 is 0 Å². The summed E-state index contributed by atoms with van der Waals surface area (Å²) in [5.41, 5.74) is 0.514. The molecule has 1 aliphatic rings. The monoisotopic (exact) mass is 326 g/mol. The number of hydrogen-bond donors (Lipinski definition) is 1. The van der Waals surface area contributed by atoms with Crippen molar-refractivity contribution in [1.82, 2.24) is 10.2 Å². The van der Waals surface area contributed by atoms with E-state index in [4.69, 9.17) is 4.74 Å². The van der Waals surface area contributed by atoms with Crippen molar-refractivity contribution < 1.29 is 14.3 Å². The van der Waals surface area contributed by atoms with Crippen LogP contribution in [0.4, 0.5) is 0 Å². The number of nitrogens with zero attached hydrogens (tertiary/aromatic N) is 1. The first kappa shape index (κ1) is 13.9. The lowest BCUT2D eigenvalue weighted by atomic mass is 10.1. The maximum Gasteiger partial charge on any atom is 0.257 e. The summed E-state index contributed by atoms with van der Waals surface area (Å²) in [6.07, 6.45) is 0.338. The molecule has 102 valence electrons. The second-order valence-corrected chi connectivity index (χ2v) is 5.15. The second-order valence-electron chi connectivity index (χ2n) is 4.24. The molecule has 19 heavy (non-hydrogen) atoms. The Bertz CT molecular complexity index is 505. The number of hydrogen-bond acceptors (Lipinski definition) is 3. The molecule has 1 fully saturated rings. The van der Waals surface area contributed by atoms with Gasteiger partial charge in [-0.05, 0) is 18.2 Å². The molecule has 1 aliphatic heterocycles. The number of methoxy groups -OCH3 is 1. The predicted octanol–water partition coefficient (Wildman–Crippen LogP) is 1.42. The van der Waals surface area contributed by atoms with Crippen molar-refractivity contribution in [2.75, 3.05) is 26.7 Å². The molecule has 0 spiro atoms. The van der Waals surface area contributed by atoms with Crippen molar-refractivity contribution in [3.8, 4) is 5.75 Å². The maximum absolute atomic E-state index is 12.4. The van der Waals surface area contributed by atoms with Crippen LogP contribution in [-0.2, 0) is 4.79 Å². The zero-order valence-corrected chi connectivity index (χ0v) is 12.2. The summed E-state index contributed by atoms with van der Waals surface area (Å²) in [4.78, 5) is 25.4. The van der Waals surface area contributed by atoms with E-state index in [0.29, 0.717) is 37.4 Å². The summed E-state index contributed by atoms with van der Waals surface area (Å²) in [5, 5.41) is 2.75. The minimum absolute atomic E-state index is 0.0157. The molecule has 1 saturated heterocycles. The van der Waals surface area contributed by atoms with Gasteiger partial charge in [-0.1, -0.05) is 15.9 Å². The minimum Gasteiger partial charge on any atom is -0.496 e. The van der Waals surface area contributed by atoms with Crippen molar-refractivity contribution in [1.29, 1.82) is 0 Å². The first-order valence-electron chi connectivity index (χ1n) is 6.01. The van der Waals surface area contributed by atoms with Crippen molar-refractivity contribution >= 4 is 27.7 Å². The molecule has 0 aromatic heterocycles. The average molecular weight is 327 g/mol. The summed E-state index contributed by atoms with van der Waals surface area (Å²) in [5.74, 6) is 0.404. The van der Waals surface area contributed by atoms with Crippen LogP contribution in [0.25, 0.3) is 0 Å².